The minimum atomic E-state index is 0.501. The number of nitrogens with one attached hydrogen (secondary N) is 2. The molecule has 1 fully saturated rings. The smallest absolute Gasteiger partial charge is 0.191 e. The SMILES string of the molecule is CCNC(=NCCCn1cccn1)NC1CCN(Cc2ccccc2)CC1. The normalized spacial score (nSPS) is 16.4. The molecule has 1 aromatic heterocycles. The molecule has 3 rings (SSSR count). The van der Waals surface area contributed by atoms with E-state index in [0.717, 1.165) is 64.5 Å². The first-order valence-corrected chi connectivity index (χ1v) is 10.1. The molecule has 6 nitrogen and oxygen atoms in total. The first-order valence-electron chi connectivity index (χ1n) is 10.1. The molecular weight excluding hydrogens is 336 g/mol. The number of aliphatic imine (C=N–C) groups is 1. The van der Waals surface area contributed by atoms with Gasteiger partial charge in [0.25, 0.3) is 0 Å². The summed E-state index contributed by atoms with van der Waals surface area (Å²) in [5, 5.41) is 11.2. The minimum Gasteiger partial charge on any atom is -0.357 e. The zero-order valence-corrected chi connectivity index (χ0v) is 16.3. The zero-order valence-electron chi connectivity index (χ0n) is 16.3. The van der Waals surface area contributed by atoms with Crippen LogP contribution in [0.25, 0.3) is 0 Å². The van der Waals surface area contributed by atoms with Crippen LogP contribution in [-0.4, -0.2) is 52.9 Å². The average Bonchev–Trinajstić information content (AvgIpc) is 3.21. The Balaban J connectivity index is 1.40. The summed E-state index contributed by atoms with van der Waals surface area (Å²) >= 11 is 0. The van der Waals surface area contributed by atoms with Crippen LogP contribution in [0.1, 0.15) is 31.7 Å². The summed E-state index contributed by atoms with van der Waals surface area (Å²) in [6, 6.07) is 13.2. The van der Waals surface area contributed by atoms with Gasteiger partial charge >= 0.3 is 0 Å². The summed E-state index contributed by atoms with van der Waals surface area (Å²) in [6.07, 6.45) is 7.12. The molecule has 6 heteroatoms. The largest absolute Gasteiger partial charge is 0.357 e. The van der Waals surface area contributed by atoms with Crippen LogP contribution in [0.15, 0.2) is 53.8 Å². The predicted molar refractivity (Wildman–Crippen MR) is 111 cm³/mol. The molecule has 2 aromatic rings. The van der Waals surface area contributed by atoms with Crippen molar-refractivity contribution in [2.75, 3.05) is 26.2 Å². The van der Waals surface area contributed by atoms with Gasteiger partial charge in [-0.2, -0.15) is 5.10 Å². The maximum Gasteiger partial charge on any atom is 0.191 e. The van der Waals surface area contributed by atoms with Gasteiger partial charge in [0.15, 0.2) is 5.96 Å². The van der Waals surface area contributed by atoms with E-state index >= 15 is 0 Å². The molecule has 0 bridgehead atoms. The minimum absolute atomic E-state index is 0.501. The van der Waals surface area contributed by atoms with Gasteiger partial charge in [-0.15, -0.1) is 0 Å². The predicted octanol–water partition coefficient (Wildman–Crippen LogP) is 2.49. The van der Waals surface area contributed by atoms with Crippen LogP contribution in [-0.2, 0) is 13.1 Å². The van der Waals surface area contributed by atoms with Crippen LogP contribution in [0.3, 0.4) is 0 Å². The highest BCUT2D eigenvalue weighted by Gasteiger charge is 2.19. The summed E-state index contributed by atoms with van der Waals surface area (Å²) in [5.74, 6) is 0.944. The molecule has 2 heterocycles. The third-order valence-electron chi connectivity index (χ3n) is 4.90. The molecule has 0 saturated carbocycles. The summed E-state index contributed by atoms with van der Waals surface area (Å²) in [5.41, 5.74) is 1.40. The Bertz CT molecular complexity index is 659. The Morgan fingerprint density at radius 3 is 2.70 bits per heavy atom. The fraction of sp³-hybridized carbons (Fsp3) is 0.524. The Labute approximate surface area is 162 Å². The number of guanidine groups is 1. The van der Waals surface area contributed by atoms with Crippen LogP contribution >= 0.6 is 0 Å². The van der Waals surface area contributed by atoms with Crippen molar-refractivity contribution in [2.24, 2.45) is 4.99 Å². The van der Waals surface area contributed by atoms with Crippen molar-refractivity contribution < 1.29 is 0 Å². The van der Waals surface area contributed by atoms with E-state index in [1.165, 1.54) is 5.56 Å². The molecule has 2 N–H and O–H groups in total. The second-order valence-electron chi connectivity index (χ2n) is 7.06. The number of aryl methyl sites for hydroxylation is 1. The average molecular weight is 369 g/mol. The Kier molecular flexibility index (Phi) is 7.71. The van der Waals surface area contributed by atoms with E-state index in [9.17, 15) is 0 Å². The third-order valence-corrected chi connectivity index (χ3v) is 4.90. The van der Waals surface area contributed by atoms with Crippen molar-refractivity contribution in [1.29, 1.82) is 0 Å². The number of likely N-dealkylation sites (tertiary alicyclic amines) is 1. The number of nitrogens with zero attached hydrogens (tertiary/aromatic N) is 4. The highest BCUT2D eigenvalue weighted by atomic mass is 15.3. The Morgan fingerprint density at radius 2 is 2.00 bits per heavy atom. The molecule has 0 aliphatic carbocycles. The highest BCUT2D eigenvalue weighted by Crippen LogP contribution is 2.13. The van der Waals surface area contributed by atoms with E-state index in [1.807, 2.05) is 23.1 Å². The van der Waals surface area contributed by atoms with E-state index < -0.39 is 0 Å². The fourth-order valence-electron chi connectivity index (χ4n) is 3.45. The lowest BCUT2D eigenvalue weighted by Gasteiger charge is -2.33. The van der Waals surface area contributed by atoms with Gasteiger partial charge in [-0.3, -0.25) is 14.6 Å². The molecule has 146 valence electrons. The lowest BCUT2D eigenvalue weighted by atomic mass is 10.0. The second kappa shape index (κ2) is 10.7. The van der Waals surface area contributed by atoms with E-state index in [0.29, 0.717) is 6.04 Å². The molecule has 0 amide bonds. The number of hydrogen-bond donors (Lipinski definition) is 2. The molecule has 0 atom stereocenters. The molecule has 0 unspecified atom stereocenters. The van der Waals surface area contributed by atoms with Crippen LogP contribution in [0, 0.1) is 0 Å². The van der Waals surface area contributed by atoms with E-state index in [2.05, 4.69) is 57.9 Å². The summed E-state index contributed by atoms with van der Waals surface area (Å²) < 4.78 is 1.96. The molecular formula is C21H32N6. The summed E-state index contributed by atoms with van der Waals surface area (Å²) in [6.45, 7) is 8.03. The van der Waals surface area contributed by atoms with Crippen LogP contribution in [0.5, 0.6) is 0 Å². The number of hydrogen-bond acceptors (Lipinski definition) is 3. The maximum atomic E-state index is 4.73. The van der Waals surface area contributed by atoms with Crippen LogP contribution in [0.4, 0.5) is 0 Å². The fourth-order valence-corrected chi connectivity index (χ4v) is 3.45. The first kappa shape index (κ1) is 19.4. The number of aromatic nitrogens is 2. The van der Waals surface area contributed by atoms with Crippen molar-refractivity contribution in [2.45, 2.75) is 45.3 Å². The lowest BCUT2D eigenvalue weighted by Crippen LogP contribution is -2.48. The molecule has 27 heavy (non-hydrogen) atoms. The number of benzene rings is 1. The van der Waals surface area contributed by atoms with Gasteiger partial charge in [-0.25, -0.2) is 0 Å². The van der Waals surface area contributed by atoms with Crippen molar-refractivity contribution >= 4 is 5.96 Å². The molecule has 0 spiro atoms. The molecule has 0 radical (unpaired) electrons. The van der Waals surface area contributed by atoms with Crippen molar-refractivity contribution in [3.05, 3.63) is 54.4 Å². The van der Waals surface area contributed by atoms with Gasteiger partial charge in [-0.1, -0.05) is 30.3 Å². The Morgan fingerprint density at radius 1 is 1.19 bits per heavy atom. The third kappa shape index (κ3) is 6.71. The zero-order chi connectivity index (χ0) is 18.7. The van der Waals surface area contributed by atoms with Gasteiger partial charge in [0.1, 0.15) is 0 Å². The standard InChI is InChI=1S/C21H32N6/c1-2-22-21(23-12-6-14-27-15-7-13-24-27)25-20-10-16-26(17-11-20)18-19-8-4-3-5-9-19/h3-5,7-9,13,15,20H,2,6,10-12,14,16-18H2,1H3,(H2,22,23,25). The van der Waals surface area contributed by atoms with Gasteiger partial charge in [0, 0.05) is 57.7 Å². The lowest BCUT2D eigenvalue weighted by molar-refractivity contribution is 0.198. The topological polar surface area (TPSA) is 57.5 Å². The summed E-state index contributed by atoms with van der Waals surface area (Å²) in [7, 11) is 0. The molecule has 1 aromatic carbocycles. The second-order valence-corrected chi connectivity index (χ2v) is 7.06. The van der Waals surface area contributed by atoms with Crippen LogP contribution < -0.4 is 10.6 Å². The maximum absolute atomic E-state index is 4.73. The highest BCUT2D eigenvalue weighted by molar-refractivity contribution is 5.80. The monoisotopic (exact) mass is 368 g/mol. The number of rotatable bonds is 8. The Hall–Kier alpha value is -2.34. The quantitative estimate of drug-likeness (QED) is 0.427. The first-order chi connectivity index (χ1) is 13.3. The molecule has 1 aliphatic heterocycles. The van der Waals surface area contributed by atoms with Gasteiger partial charge in [0.2, 0.25) is 0 Å². The van der Waals surface area contributed by atoms with Gasteiger partial charge in [-0.05, 0) is 37.8 Å². The van der Waals surface area contributed by atoms with E-state index in [4.69, 9.17) is 4.99 Å². The van der Waals surface area contributed by atoms with Crippen molar-refractivity contribution in [3.8, 4) is 0 Å². The van der Waals surface area contributed by atoms with Gasteiger partial charge < -0.3 is 10.6 Å². The van der Waals surface area contributed by atoms with E-state index in [1.54, 1.807) is 0 Å². The van der Waals surface area contributed by atoms with Crippen molar-refractivity contribution in [1.82, 2.24) is 25.3 Å². The summed E-state index contributed by atoms with van der Waals surface area (Å²) in [4.78, 5) is 7.28. The van der Waals surface area contributed by atoms with Gasteiger partial charge in [0.05, 0.1) is 0 Å². The molecule has 1 saturated heterocycles. The van der Waals surface area contributed by atoms with Crippen LogP contribution in [0.2, 0.25) is 0 Å². The van der Waals surface area contributed by atoms with Crippen molar-refractivity contribution in [3.63, 3.8) is 0 Å². The molecule has 1 aliphatic rings. The van der Waals surface area contributed by atoms with E-state index in [-0.39, 0.29) is 0 Å². The number of piperidine rings is 1.